The van der Waals surface area contributed by atoms with E-state index in [1.807, 2.05) is 27.7 Å². The zero-order valence-electron chi connectivity index (χ0n) is 11.4. The Morgan fingerprint density at radius 1 is 0.933 bits per heavy atom. The monoisotopic (exact) mass is 214 g/mol. The first kappa shape index (κ1) is 14.9. The lowest BCUT2D eigenvalue weighted by Crippen LogP contribution is -2.49. The lowest BCUT2D eigenvalue weighted by molar-refractivity contribution is 0.128. The molecule has 0 aliphatic carbocycles. The van der Waals surface area contributed by atoms with Gasteiger partial charge in [-0.05, 0) is 52.4 Å². The summed E-state index contributed by atoms with van der Waals surface area (Å²) in [6.45, 7) is 11.8. The molecule has 0 saturated carbocycles. The van der Waals surface area contributed by atoms with E-state index in [9.17, 15) is 0 Å². The third-order valence-electron chi connectivity index (χ3n) is 3.48. The second kappa shape index (κ2) is 8.12. The van der Waals surface area contributed by atoms with Crippen molar-refractivity contribution in [3.63, 3.8) is 0 Å². The fourth-order valence-electron chi connectivity index (χ4n) is 2.60. The zero-order valence-corrected chi connectivity index (χ0v) is 11.4. The first-order valence-electron chi connectivity index (χ1n) is 6.75. The lowest BCUT2D eigenvalue weighted by atomic mass is 9.86. The van der Waals surface area contributed by atoms with Gasteiger partial charge in [0.15, 0.2) is 0 Å². The van der Waals surface area contributed by atoms with Crippen molar-refractivity contribution in [2.45, 2.75) is 58.9 Å². The Morgan fingerprint density at radius 2 is 1.47 bits per heavy atom. The first-order valence-corrected chi connectivity index (χ1v) is 6.75. The van der Waals surface area contributed by atoms with Crippen molar-refractivity contribution in [3.05, 3.63) is 0 Å². The van der Waals surface area contributed by atoms with Gasteiger partial charge in [-0.3, -0.25) is 0 Å². The van der Waals surface area contributed by atoms with Gasteiger partial charge in [0.05, 0.1) is 0 Å². The smallest absolute Gasteiger partial charge is 0.0231 e. The van der Waals surface area contributed by atoms with Crippen molar-refractivity contribution in [2.75, 3.05) is 26.7 Å². The van der Waals surface area contributed by atoms with Gasteiger partial charge in [0.1, 0.15) is 0 Å². The van der Waals surface area contributed by atoms with Gasteiger partial charge in [0, 0.05) is 5.54 Å². The molecular formula is C13H30N2. The van der Waals surface area contributed by atoms with Gasteiger partial charge in [-0.15, -0.1) is 0 Å². The average Bonchev–Trinajstić information content (AvgIpc) is 2.67. The van der Waals surface area contributed by atoms with Crippen LogP contribution >= 0.6 is 0 Å². The summed E-state index contributed by atoms with van der Waals surface area (Å²) < 4.78 is 0. The molecule has 0 aromatic rings. The number of nitrogens with zero attached hydrogens (tertiary/aromatic N) is 1. The third kappa shape index (κ3) is 3.76. The van der Waals surface area contributed by atoms with Crippen molar-refractivity contribution in [3.8, 4) is 0 Å². The average molecular weight is 214 g/mol. The molecule has 1 spiro atoms. The second-order valence-electron chi connectivity index (χ2n) is 4.00. The number of likely N-dealkylation sites (tertiary alicyclic amines) is 1. The van der Waals surface area contributed by atoms with Gasteiger partial charge in [0.25, 0.3) is 0 Å². The van der Waals surface area contributed by atoms with Crippen LogP contribution in [0.25, 0.3) is 0 Å². The van der Waals surface area contributed by atoms with E-state index in [4.69, 9.17) is 0 Å². The Morgan fingerprint density at radius 3 is 1.87 bits per heavy atom. The fraction of sp³-hybridized carbons (Fsp3) is 1.00. The second-order valence-corrected chi connectivity index (χ2v) is 4.00. The van der Waals surface area contributed by atoms with E-state index in [1.165, 1.54) is 45.3 Å². The minimum atomic E-state index is 0.602. The standard InChI is InChI=1S/C9H18N2.2C2H6/c1-11-8-2-3-9(11)4-6-10-7-5-9;2*1-2/h10H,2-8H2,1H3;2*1-2H3. The molecule has 0 radical (unpaired) electrons. The Bertz CT molecular complexity index is 139. The van der Waals surface area contributed by atoms with Gasteiger partial charge in [-0.2, -0.15) is 0 Å². The van der Waals surface area contributed by atoms with E-state index in [0.717, 1.165) is 0 Å². The maximum atomic E-state index is 3.43. The van der Waals surface area contributed by atoms with Gasteiger partial charge < -0.3 is 10.2 Å². The molecule has 2 saturated heterocycles. The topological polar surface area (TPSA) is 15.3 Å². The van der Waals surface area contributed by atoms with Crippen LogP contribution < -0.4 is 5.32 Å². The van der Waals surface area contributed by atoms with Crippen LogP contribution in [-0.4, -0.2) is 37.1 Å². The number of hydrogen-bond donors (Lipinski definition) is 1. The normalized spacial score (nSPS) is 23.8. The van der Waals surface area contributed by atoms with Crippen LogP contribution in [-0.2, 0) is 0 Å². The van der Waals surface area contributed by atoms with Crippen molar-refractivity contribution in [1.29, 1.82) is 0 Å². The summed E-state index contributed by atoms with van der Waals surface area (Å²) in [5.41, 5.74) is 0.602. The number of rotatable bonds is 0. The molecule has 2 fully saturated rings. The van der Waals surface area contributed by atoms with Gasteiger partial charge in [0.2, 0.25) is 0 Å². The summed E-state index contributed by atoms with van der Waals surface area (Å²) in [5.74, 6) is 0. The maximum Gasteiger partial charge on any atom is 0.0231 e. The Labute approximate surface area is 96.4 Å². The quantitative estimate of drug-likeness (QED) is 0.667. The molecule has 2 aliphatic heterocycles. The molecular weight excluding hydrogens is 184 g/mol. The highest BCUT2D eigenvalue weighted by Gasteiger charge is 2.38. The molecule has 2 heteroatoms. The largest absolute Gasteiger partial charge is 0.317 e. The van der Waals surface area contributed by atoms with Crippen LogP contribution in [0.4, 0.5) is 0 Å². The van der Waals surface area contributed by atoms with Crippen LogP contribution in [0.5, 0.6) is 0 Å². The molecule has 0 amide bonds. The highest BCUT2D eigenvalue weighted by atomic mass is 15.2. The van der Waals surface area contributed by atoms with Crippen molar-refractivity contribution < 1.29 is 0 Å². The fourth-order valence-corrected chi connectivity index (χ4v) is 2.60. The molecule has 1 N–H and O–H groups in total. The highest BCUT2D eigenvalue weighted by Crippen LogP contribution is 2.34. The number of piperidine rings is 1. The molecule has 2 heterocycles. The summed E-state index contributed by atoms with van der Waals surface area (Å²) >= 11 is 0. The van der Waals surface area contributed by atoms with E-state index < -0.39 is 0 Å². The molecule has 2 aliphatic rings. The first-order chi connectivity index (χ1) is 7.33. The SMILES string of the molecule is CC.CC.CN1CCCC12CCNCC2. The van der Waals surface area contributed by atoms with Crippen LogP contribution in [0.2, 0.25) is 0 Å². The van der Waals surface area contributed by atoms with Gasteiger partial charge >= 0.3 is 0 Å². The Hall–Kier alpha value is -0.0800. The van der Waals surface area contributed by atoms with Gasteiger partial charge in [-0.25, -0.2) is 0 Å². The number of hydrogen-bond acceptors (Lipinski definition) is 2. The van der Waals surface area contributed by atoms with E-state index >= 15 is 0 Å². The van der Waals surface area contributed by atoms with Gasteiger partial charge in [-0.1, -0.05) is 27.7 Å². The summed E-state index contributed by atoms with van der Waals surface area (Å²) in [7, 11) is 2.29. The Balaban J connectivity index is 0.000000442. The van der Waals surface area contributed by atoms with E-state index in [2.05, 4.69) is 17.3 Å². The third-order valence-corrected chi connectivity index (χ3v) is 3.48. The zero-order chi connectivity index (χ0) is 11.7. The maximum absolute atomic E-state index is 3.43. The molecule has 15 heavy (non-hydrogen) atoms. The van der Waals surface area contributed by atoms with E-state index in [0.29, 0.717) is 5.54 Å². The predicted octanol–water partition coefficient (Wildman–Crippen LogP) is 2.89. The summed E-state index contributed by atoms with van der Waals surface area (Å²) in [6, 6.07) is 0. The Kier molecular flexibility index (Phi) is 8.07. The summed E-state index contributed by atoms with van der Waals surface area (Å²) in [5, 5.41) is 3.43. The molecule has 0 atom stereocenters. The summed E-state index contributed by atoms with van der Waals surface area (Å²) in [6.07, 6.45) is 5.58. The predicted molar refractivity (Wildman–Crippen MR) is 69.4 cm³/mol. The van der Waals surface area contributed by atoms with E-state index in [1.54, 1.807) is 0 Å². The lowest BCUT2D eigenvalue weighted by Gasteiger charge is -2.39. The van der Waals surface area contributed by atoms with Crippen LogP contribution in [0, 0.1) is 0 Å². The molecule has 2 rings (SSSR count). The van der Waals surface area contributed by atoms with E-state index in [-0.39, 0.29) is 0 Å². The van der Waals surface area contributed by atoms with Crippen LogP contribution in [0.15, 0.2) is 0 Å². The molecule has 2 nitrogen and oxygen atoms in total. The van der Waals surface area contributed by atoms with Crippen LogP contribution in [0.3, 0.4) is 0 Å². The molecule has 0 bridgehead atoms. The van der Waals surface area contributed by atoms with Crippen molar-refractivity contribution in [1.82, 2.24) is 10.2 Å². The summed E-state index contributed by atoms with van der Waals surface area (Å²) in [4.78, 5) is 2.58. The molecule has 92 valence electrons. The van der Waals surface area contributed by atoms with Crippen molar-refractivity contribution >= 4 is 0 Å². The number of nitrogens with one attached hydrogen (secondary N) is 1. The van der Waals surface area contributed by atoms with Crippen molar-refractivity contribution in [2.24, 2.45) is 0 Å². The highest BCUT2D eigenvalue weighted by molar-refractivity contribution is 4.97. The van der Waals surface area contributed by atoms with Crippen LogP contribution in [0.1, 0.15) is 53.4 Å². The molecule has 0 unspecified atom stereocenters. The minimum Gasteiger partial charge on any atom is -0.317 e. The molecule has 0 aromatic carbocycles. The minimum absolute atomic E-state index is 0.602. The molecule has 0 aromatic heterocycles.